The number of rotatable bonds is 1. The first-order valence-electron chi connectivity index (χ1n) is 6.73. The molecule has 2 heterocycles. The van der Waals surface area contributed by atoms with Gasteiger partial charge in [-0.05, 0) is 25.0 Å². The summed E-state index contributed by atoms with van der Waals surface area (Å²) in [7, 11) is 0. The quantitative estimate of drug-likeness (QED) is 0.815. The predicted molar refractivity (Wildman–Crippen MR) is 82.8 cm³/mol. The van der Waals surface area contributed by atoms with Crippen molar-refractivity contribution in [1.82, 2.24) is 4.90 Å². The molecule has 0 aliphatic carbocycles. The van der Waals surface area contributed by atoms with Crippen molar-refractivity contribution in [1.29, 1.82) is 0 Å². The molecule has 2 aromatic rings. The standard InChI is InChI=1S/C15H16N2O3.ClH/c16-11-5-3-7-17(9-11)14(18)12-8-10-4-1-2-6-13(10)20-15(12)19;/h1-2,4,6,8,11H,3,5,7,9,16H2;1H/t11-;/m1./s1. The van der Waals surface area contributed by atoms with Crippen molar-refractivity contribution >= 4 is 29.3 Å². The Balaban J connectivity index is 0.00000161. The first-order valence-corrected chi connectivity index (χ1v) is 6.73. The van der Waals surface area contributed by atoms with Gasteiger partial charge in [0.25, 0.3) is 5.91 Å². The Bertz CT molecular complexity index is 713. The molecule has 5 nitrogen and oxygen atoms in total. The topological polar surface area (TPSA) is 76.5 Å². The van der Waals surface area contributed by atoms with Crippen molar-refractivity contribution in [3.63, 3.8) is 0 Å². The number of fused-ring (bicyclic) bond motifs is 1. The zero-order valence-corrected chi connectivity index (χ0v) is 12.3. The van der Waals surface area contributed by atoms with Crippen LogP contribution in [-0.2, 0) is 0 Å². The highest BCUT2D eigenvalue weighted by atomic mass is 35.5. The van der Waals surface area contributed by atoms with Gasteiger partial charge in [0.15, 0.2) is 0 Å². The van der Waals surface area contributed by atoms with Gasteiger partial charge >= 0.3 is 5.63 Å². The second kappa shape index (κ2) is 6.28. The summed E-state index contributed by atoms with van der Waals surface area (Å²) in [6.45, 7) is 1.13. The largest absolute Gasteiger partial charge is 0.422 e. The van der Waals surface area contributed by atoms with E-state index in [1.807, 2.05) is 12.1 Å². The number of likely N-dealkylation sites (tertiary alicyclic amines) is 1. The van der Waals surface area contributed by atoms with Crippen LogP contribution >= 0.6 is 12.4 Å². The van der Waals surface area contributed by atoms with Gasteiger partial charge < -0.3 is 15.1 Å². The van der Waals surface area contributed by atoms with E-state index < -0.39 is 5.63 Å². The van der Waals surface area contributed by atoms with E-state index in [0.717, 1.165) is 18.2 Å². The van der Waals surface area contributed by atoms with Gasteiger partial charge in [-0.15, -0.1) is 12.4 Å². The second-order valence-corrected chi connectivity index (χ2v) is 5.14. The molecule has 21 heavy (non-hydrogen) atoms. The number of carbonyl (C=O) groups is 1. The molecule has 112 valence electrons. The Morgan fingerprint density at radius 2 is 2.10 bits per heavy atom. The number of carbonyl (C=O) groups excluding carboxylic acids is 1. The smallest absolute Gasteiger partial charge is 0.349 e. The Hall–Kier alpha value is -1.85. The van der Waals surface area contributed by atoms with Gasteiger partial charge in [0, 0.05) is 24.5 Å². The number of hydrogen-bond donors (Lipinski definition) is 1. The van der Waals surface area contributed by atoms with Crippen LogP contribution in [0.4, 0.5) is 0 Å². The van der Waals surface area contributed by atoms with Crippen LogP contribution in [0.2, 0.25) is 0 Å². The third-order valence-corrected chi connectivity index (χ3v) is 3.62. The average Bonchev–Trinajstić information content (AvgIpc) is 2.46. The summed E-state index contributed by atoms with van der Waals surface area (Å²) in [6, 6.07) is 8.74. The molecule has 1 fully saturated rings. The van der Waals surface area contributed by atoms with Gasteiger partial charge in [-0.25, -0.2) is 4.79 Å². The lowest BCUT2D eigenvalue weighted by Gasteiger charge is -2.30. The molecule has 1 amide bonds. The number of amides is 1. The van der Waals surface area contributed by atoms with Crippen molar-refractivity contribution in [2.24, 2.45) is 5.73 Å². The molecule has 2 N–H and O–H groups in total. The van der Waals surface area contributed by atoms with Crippen LogP contribution in [0.3, 0.4) is 0 Å². The summed E-state index contributed by atoms with van der Waals surface area (Å²) in [5.74, 6) is -0.292. The SMILES string of the molecule is Cl.N[C@@H]1CCCN(C(=O)c2cc3ccccc3oc2=O)C1. The molecule has 0 saturated carbocycles. The maximum atomic E-state index is 12.4. The van der Waals surface area contributed by atoms with E-state index in [4.69, 9.17) is 10.2 Å². The third-order valence-electron chi connectivity index (χ3n) is 3.62. The highest BCUT2D eigenvalue weighted by Crippen LogP contribution is 2.16. The zero-order valence-electron chi connectivity index (χ0n) is 11.5. The van der Waals surface area contributed by atoms with Gasteiger partial charge in [-0.1, -0.05) is 18.2 Å². The minimum Gasteiger partial charge on any atom is -0.422 e. The lowest BCUT2D eigenvalue weighted by molar-refractivity contribution is 0.0704. The van der Waals surface area contributed by atoms with E-state index in [1.165, 1.54) is 0 Å². The predicted octanol–water partition coefficient (Wildman–Crippen LogP) is 1.78. The molecule has 1 aromatic heterocycles. The summed E-state index contributed by atoms with van der Waals surface area (Å²) in [6.07, 6.45) is 1.78. The highest BCUT2D eigenvalue weighted by Gasteiger charge is 2.25. The van der Waals surface area contributed by atoms with Crippen molar-refractivity contribution in [3.05, 3.63) is 46.3 Å². The maximum Gasteiger partial charge on any atom is 0.349 e. The summed E-state index contributed by atoms with van der Waals surface area (Å²) >= 11 is 0. The van der Waals surface area contributed by atoms with E-state index in [-0.39, 0.29) is 29.9 Å². The fraction of sp³-hybridized carbons (Fsp3) is 0.333. The van der Waals surface area contributed by atoms with Crippen molar-refractivity contribution < 1.29 is 9.21 Å². The minimum atomic E-state index is -0.590. The van der Waals surface area contributed by atoms with Gasteiger partial charge in [0.05, 0.1) is 0 Å². The van der Waals surface area contributed by atoms with Crippen LogP contribution in [-0.4, -0.2) is 29.9 Å². The number of nitrogens with two attached hydrogens (primary N) is 1. The number of benzene rings is 1. The molecule has 1 aliphatic heterocycles. The van der Waals surface area contributed by atoms with Crippen molar-refractivity contribution in [2.45, 2.75) is 18.9 Å². The molecule has 0 radical (unpaired) electrons. The lowest BCUT2D eigenvalue weighted by atomic mass is 10.1. The van der Waals surface area contributed by atoms with E-state index in [1.54, 1.807) is 23.1 Å². The minimum absolute atomic E-state index is 0. The summed E-state index contributed by atoms with van der Waals surface area (Å²) in [5, 5.41) is 0.747. The summed E-state index contributed by atoms with van der Waals surface area (Å²) in [5.41, 5.74) is 5.86. The Morgan fingerprint density at radius 1 is 1.33 bits per heavy atom. The van der Waals surface area contributed by atoms with Crippen LogP contribution < -0.4 is 11.4 Å². The Kier molecular flexibility index (Phi) is 4.65. The van der Waals surface area contributed by atoms with E-state index in [2.05, 4.69) is 0 Å². The number of para-hydroxylation sites is 1. The summed E-state index contributed by atoms with van der Waals surface area (Å²) < 4.78 is 5.20. The van der Waals surface area contributed by atoms with Crippen LogP contribution in [0.1, 0.15) is 23.2 Å². The Morgan fingerprint density at radius 3 is 2.86 bits per heavy atom. The first-order chi connectivity index (χ1) is 9.65. The zero-order chi connectivity index (χ0) is 14.1. The summed E-state index contributed by atoms with van der Waals surface area (Å²) in [4.78, 5) is 26.0. The van der Waals surface area contributed by atoms with E-state index >= 15 is 0 Å². The van der Waals surface area contributed by atoms with Gasteiger partial charge in [0.1, 0.15) is 11.1 Å². The van der Waals surface area contributed by atoms with Gasteiger partial charge in [0.2, 0.25) is 0 Å². The second-order valence-electron chi connectivity index (χ2n) is 5.14. The molecule has 6 heteroatoms. The lowest BCUT2D eigenvalue weighted by Crippen LogP contribution is -2.46. The molecule has 1 aliphatic rings. The van der Waals surface area contributed by atoms with Crippen LogP contribution in [0, 0.1) is 0 Å². The molecular weight excluding hydrogens is 292 g/mol. The third kappa shape index (κ3) is 3.09. The van der Waals surface area contributed by atoms with Crippen molar-refractivity contribution in [2.75, 3.05) is 13.1 Å². The fourth-order valence-corrected chi connectivity index (χ4v) is 2.58. The fourth-order valence-electron chi connectivity index (χ4n) is 2.58. The molecular formula is C15H17ClN2O3. The molecule has 0 spiro atoms. The monoisotopic (exact) mass is 308 g/mol. The first kappa shape index (κ1) is 15.5. The number of halogens is 1. The molecule has 1 aromatic carbocycles. The number of piperidine rings is 1. The molecule has 1 atom stereocenters. The van der Waals surface area contributed by atoms with Crippen molar-refractivity contribution in [3.8, 4) is 0 Å². The van der Waals surface area contributed by atoms with E-state index in [0.29, 0.717) is 18.7 Å². The normalized spacial score (nSPS) is 18.3. The maximum absolute atomic E-state index is 12.4. The van der Waals surface area contributed by atoms with E-state index in [9.17, 15) is 9.59 Å². The number of hydrogen-bond acceptors (Lipinski definition) is 4. The van der Waals surface area contributed by atoms with Crippen LogP contribution in [0.5, 0.6) is 0 Å². The highest BCUT2D eigenvalue weighted by molar-refractivity contribution is 5.96. The van der Waals surface area contributed by atoms with Crippen LogP contribution in [0.15, 0.2) is 39.5 Å². The number of nitrogens with zero attached hydrogens (tertiary/aromatic N) is 1. The average molecular weight is 309 g/mol. The van der Waals surface area contributed by atoms with Crippen LogP contribution in [0.25, 0.3) is 11.0 Å². The van der Waals surface area contributed by atoms with Gasteiger partial charge in [-0.2, -0.15) is 0 Å². The molecule has 0 bridgehead atoms. The molecule has 3 rings (SSSR count). The van der Waals surface area contributed by atoms with Gasteiger partial charge in [-0.3, -0.25) is 4.79 Å². The molecule has 1 saturated heterocycles. The Labute approximate surface area is 128 Å². The molecule has 0 unspecified atom stereocenters.